The zero-order valence-corrected chi connectivity index (χ0v) is 21.4. The number of aromatic nitrogens is 3. The van der Waals surface area contributed by atoms with Gasteiger partial charge in [0.2, 0.25) is 5.95 Å². The molecule has 2 saturated heterocycles. The average molecular weight is 562 g/mol. The molecule has 0 spiro atoms. The number of morpholine rings is 1. The molecule has 4 N–H and O–H groups in total. The number of halogens is 4. The third-order valence-electron chi connectivity index (χ3n) is 6.33. The summed E-state index contributed by atoms with van der Waals surface area (Å²) < 4.78 is 60.2. The van der Waals surface area contributed by atoms with Crippen molar-refractivity contribution in [3.05, 3.63) is 59.8 Å². The van der Waals surface area contributed by atoms with Gasteiger partial charge in [0, 0.05) is 31.4 Å². The first-order chi connectivity index (χ1) is 19.2. The molecule has 15 heteroatoms. The Morgan fingerprint density at radius 2 is 1.88 bits per heavy atom. The van der Waals surface area contributed by atoms with Crippen LogP contribution in [-0.2, 0) is 10.9 Å². The van der Waals surface area contributed by atoms with Gasteiger partial charge in [-0.15, -0.1) is 0 Å². The minimum absolute atomic E-state index is 0.0169. The van der Waals surface area contributed by atoms with Crippen LogP contribution in [0.5, 0.6) is 0 Å². The fourth-order valence-electron chi connectivity index (χ4n) is 4.29. The molecule has 2 aliphatic rings. The molecule has 40 heavy (non-hydrogen) atoms. The Labute approximate surface area is 226 Å². The average Bonchev–Trinajstić information content (AvgIpc) is 3.39. The molecule has 1 unspecified atom stereocenters. The molecule has 1 aromatic carbocycles. The van der Waals surface area contributed by atoms with Gasteiger partial charge in [0.1, 0.15) is 5.69 Å². The molecule has 0 saturated carbocycles. The Balaban J connectivity index is 1.24. The lowest BCUT2D eigenvalue weighted by Gasteiger charge is -2.28. The van der Waals surface area contributed by atoms with Crippen molar-refractivity contribution < 1.29 is 27.1 Å². The van der Waals surface area contributed by atoms with Crippen LogP contribution in [0, 0.1) is 5.82 Å². The van der Waals surface area contributed by atoms with Crippen LogP contribution in [0.2, 0.25) is 0 Å². The van der Waals surface area contributed by atoms with Gasteiger partial charge in [-0.2, -0.15) is 18.2 Å². The number of pyridine rings is 1. The highest BCUT2D eigenvalue weighted by Crippen LogP contribution is 2.35. The van der Waals surface area contributed by atoms with E-state index in [1.165, 1.54) is 18.3 Å². The molecule has 0 aliphatic carbocycles. The summed E-state index contributed by atoms with van der Waals surface area (Å²) >= 11 is 0. The smallest absolute Gasteiger partial charge is 0.378 e. The Morgan fingerprint density at radius 1 is 1.07 bits per heavy atom. The summed E-state index contributed by atoms with van der Waals surface area (Å²) in [6.45, 7) is 4.38. The summed E-state index contributed by atoms with van der Waals surface area (Å²) in [5, 5.41) is 4.62. The first-order valence-electron chi connectivity index (χ1n) is 12.6. The second kappa shape index (κ2) is 11.5. The Morgan fingerprint density at radius 3 is 2.55 bits per heavy atom. The minimum atomic E-state index is -4.53. The minimum Gasteiger partial charge on any atom is -0.378 e. The zero-order valence-electron chi connectivity index (χ0n) is 21.4. The van der Waals surface area contributed by atoms with Gasteiger partial charge < -0.3 is 20.0 Å². The highest BCUT2D eigenvalue weighted by Gasteiger charge is 2.32. The molecule has 1 atom stereocenters. The largest absolute Gasteiger partial charge is 0.416 e. The van der Waals surface area contributed by atoms with Crippen LogP contribution in [0.25, 0.3) is 0 Å². The molecule has 2 aliphatic heterocycles. The highest BCUT2D eigenvalue weighted by atomic mass is 19.4. The molecule has 2 aromatic heterocycles. The van der Waals surface area contributed by atoms with Gasteiger partial charge in [0.25, 0.3) is 5.91 Å². The monoisotopic (exact) mass is 561 g/mol. The molecule has 5 rings (SSSR count). The van der Waals surface area contributed by atoms with Crippen molar-refractivity contribution in [1.82, 2.24) is 25.8 Å². The molecule has 0 bridgehead atoms. The highest BCUT2D eigenvalue weighted by molar-refractivity contribution is 5.93. The Hall–Kier alpha value is -4.24. The second-order valence-corrected chi connectivity index (χ2v) is 9.34. The first-order valence-corrected chi connectivity index (χ1v) is 12.6. The van der Waals surface area contributed by atoms with E-state index in [0.717, 1.165) is 24.8 Å². The summed E-state index contributed by atoms with van der Waals surface area (Å²) in [5.41, 5.74) is 8.31. The van der Waals surface area contributed by atoms with Gasteiger partial charge in [0.15, 0.2) is 11.6 Å². The van der Waals surface area contributed by atoms with Crippen LogP contribution in [0.3, 0.4) is 0 Å². The number of hydrogen-bond donors (Lipinski definition) is 4. The maximum absolute atomic E-state index is 14.2. The number of benzene rings is 1. The van der Waals surface area contributed by atoms with Crippen molar-refractivity contribution in [2.75, 3.05) is 53.5 Å². The van der Waals surface area contributed by atoms with Gasteiger partial charge >= 0.3 is 6.18 Å². The van der Waals surface area contributed by atoms with E-state index in [4.69, 9.17) is 4.74 Å². The van der Waals surface area contributed by atoms with Crippen LogP contribution in [-0.4, -0.2) is 59.7 Å². The Bertz CT molecular complexity index is 1350. The Kier molecular flexibility index (Phi) is 7.84. The SMILES string of the molecule is CC1CCN(c2cc(Nc3ccc(C(=O)NNc4ncc(F)c(N5CCOCC5)n4)nc3)cc(C(F)(F)F)c2)N1. The van der Waals surface area contributed by atoms with E-state index in [9.17, 15) is 22.4 Å². The normalized spacial score (nSPS) is 17.6. The van der Waals surface area contributed by atoms with Crippen molar-refractivity contribution in [2.24, 2.45) is 0 Å². The van der Waals surface area contributed by atoms with Crippen molar-refractivity contribution in [3.63, 3.8) is 0 Å². The van der Waals surface area contributed by atoms with Crippen LogP contribution in [0.1, 0.15) is 29.4 Å². The molecule has 3 aromatic rings. The zero-order chi connectivity index (χ0) is 28.3. The molecule has 0 radical (unpaired) electrons. The van der Waals surface area contributed by atoms with Gasteiger partial charge in [0.05, 0.1) is 42.5 Å². The number of ether oxygens (including phenoxy) is 1. The molecule has 1 amide bonds. The topological polar surface area (TPSA) is 120 Å². The number of alkyl halides is 3. The summed E-state index contributed by atoms with van der Waals surface area (Å²) in [4.78, 5) is 26.3. The molecule has 4 heterocycles. The van der Waals surface area contributed by atoms with Gasteiger partial charge in [-0.1, -0.05) is 0 Å². The lowest BCUT2D eigenvalue weighted by Crippen LogP contribution is -2.38. The van der Waals surface area contributed by atoms with Gasteiger partial charge in [-0.25, -0.2) is 19.8 Å². The predicted octanol–water partition coefficient (Wildman–Crippen LogP) is 3.47. The van der Waals surface area contributed by atoms with E-state index in [-0.39, 0.29) is 29.2 Å². The predicted molar refractivity (Wildman–Crippen MR) is 140 cm³/mol. The number of rotatable bonds is 7. The number of nitrogens with one attached hydrogen (secondary N) is 4. The van der Waals surface area contributed by atoms with Crippen molar-refractivity contribution in [2.45, 2.75) is 25.6 Å². The number of carbonyl (C=O) groups excluding carboxylic acids is 1. The molecule has 212 valence electrons. The lowest BCUT2D eigenvalue weighted by atomic mass is 10.1. The second-order valence-electron chi connectivity index (χ2n) is 9.34. The summed E-state index contributed by atoms with van der Waals surface area (Å²) in [5.74, 6) is -1.14. The maximum atomic E-state index is 14.2. The summed E-state index contributed by atoms with van der Waals surface area (Å²) in [6.07, 6.45) is -1.38. The van der Waals surface area contributed by atoms with Crippen molar-refractivity contribution in [1.29, 1.82) is 0 Å². The van der Waals surface area contributed by atoms with Crippen LogP contribution < -0.4 is 31.5 Å². The van der Waals surface area contributed by atoms with E-state index in [1.54, 1.807) is 16.0 Å². The number of carbonyl (C=O) groups is 1. The van der Waals surface area contributed by atoms with E-state index < -0.39 is 23.5 Å². The van der Waals surface area contributed by atoms with Gasteiger partial charge in [-0.05, 0) is 43.7 Å². The van der Waals surface area contributed by atoms with Crippen LogP contribution >= 0.6 is 0 Å². The maximum Gasteiger partial charge on any atom is 0.416 e. The van der Waals surface area contributed by atoms with Crippen molar-refractivity contribution >= 4 is 34.7 Å². The van der Waals surface area contributed by atoms with Crippen LogP contribution in [0.4, 0.5) is 46.4 Å². The molecule has 2 fully saturated rings. The number of nitrogens with zero attached hydrogens (tertiary/aromatic N) is 5. The number of amides is 1. The van der Waals surface area contributed by atoms with E-state index in [0.29, 0.717) is 44.2 Å². The number of hydrazine groups is 2. The third kappa shape index (κ3) is 6.48. The van der Waals surface area contributed by atoms with Gasteiger partial charge in [-0.3, -0.25) is 15.6 Å². The van der Waals surface area contributed by atoms with Crippen LogP contribution in [0.15, 0.2) is 42.7 Å². The summed E-state index contributed by atoms with van der Waals surface area (Å²) in [7, 11) is 0. The number of hydrogen-bond acceptors (Lipinski definition) is 10. The van der Waals surface area contributed by atoms with E-state index in [1.807, 2.05) is 6.92 Å². The fraction of sp³-hybridized carbons (Fsp3) is 0.360. The fourth-order valence-corrected chi connectivity index (χ4v) is 4.29. The first kappa shape index (κ1) is 27.3. The quantitative estimate of drug-likeness (QED) is 0.252. The lowest BCUT2D eigenvalue weighted by molar-refractivity contribution is -0.137. The molecule has 11 nitrogen and oxygen atoms in total. The molecular formula is C25H27F4N9O2. The third-order valence-corrected chi connectivity index (χ3v) is 6.33. The standard InChI is InChI=1S/C25H27F4N9O2/c1-15-4-5-38(36-15)19-11-16(25(27,28)29)10-18(12-19)32-17-2-3-21(30-13-17)23(39)34-35-24-31-14-20(26)22(33-24)37-6-8-40-9-7-37/h2-3,10-15,32,36H,4-9H2,1H3,(H,34,39)(H,31,33,35). The van der Waals surface area contributed by atoms with E-state index in [2.05, 4.69) is 36.5 Å². The molecular weight excluding hydrogens is 534 g/mol. The summed E-state index contributed by atoms with van der Waals surface area (Å²) in [6, 6.07) is 6.80. The number of anilines is 5. The van der Waals surface area contributed by atoms with Crippen molar-refractivity contribution in [3.8, 4) is 0 Å². The van der Waals surface area contributed by atoms with E-state index >= 15 is 0 Å².